The van der Waals surface area contributed by atoms with Crippen LogP contribution >= 0.6 is 0 Å². The van der Waals surface area contributed by atoms with E-state index in [1.54, 1.807) is 24.3 Å². The van der Waals surface area contributed by atoms with Gasteiger partial charge in [-0.2, -0.15) is 0 Å². The zero-order chi connectivity index (χ0) is 12.3. The van der Waals surface area contributed by atoms with Gasteiger partial charge in [0.2, 0.25) is 0 Å². The van der Waals surface area contributed by atoms with Crippen molar-refractivity contribution < 1.29 is 9.18 Å². The fraction of sp³-hybridized carbons (Fsp3) is 0.0769. The number of anilines is 1. The molecule has 0 atom stereocenters. The zero-order valence-corrected chi connectivity index (χ0v) is 9.06. The number of rotatable bonds is 3. The summed E-state index contributed by atoms with van der Waals surface area (Å²) in [5.74, 6) is -0.427. The minimum absolute atomic E-state index is 0.114. The van der Waals surface area contributed by atoms with Crippen molar-refractivity contribution in [2.75, 3.05) is 5.73 Å². The van der Waals surface area contributed by atoms with Crippen molar-refractivity contribution in [2.24, 2.45) is 0 Å². The quantitative estimate of drug-likeness (QED) is 0.822. The lowest BCUT2D eigenvalue weighted by molar-refractivity contribution is 0.0988. The van der Waals surface area contributed by atoms with E-state index >= 15 is 0 Å². The molecule has 0 fully saturated rings. The summed E-state index contributed by atoms with van der Waals surface area (Å²) in [6, 6.07) is 9.05. The van der Waals surface area contributed by atoms with Crippen molar-refractivity contribution in [3.8, 4) is 0 Å². The number of hydrogen-bond acceptors (Lipinski definition) is 3. The van der Waals surface area contributed by atoms with Gasteiger partial charge < -0.3 is 5.73 Å². The van der Waals surface area contributed by atoms with E-state index in [2.05, 4.69) is 4.98 Å². The molecule has 0 saturated heterocycles. The molecule has 0 saturated carbocycles. The molecule has 3 nitrogen and oxygen atoms in total. The van der Waals surface area contributed by atoms with E-state index in [-0.39, 0.29) is 18.0 Å². The van der Waals surface area contributed by atoms with Crippen molar-refractivity contribution in [3.05, 3.63) is 59.7 Å². The van der Waals surface area contributed by atoms with Crippen LogP contribution < -0.4 is 5.73 Å². The van der Waals surface area contributed by atoms with Gasteiger partial charge in [-0.3, -0.25) is 9.78 Å². The van der Waals surface area contributed by atoms with Crippen LogP contribution in [0.2, 0.25) is 0 Å². The van der Waals surface area contributed by atoms with Crippen LogP contribution in [0.15, 0.2) is 42.6 Å². The summed E-state index contributed by atoms with van der Waals surface area (Å²) in [6.07, 6.45) is 1.65. The zero-order valence-electron chi connectivity index (χ0n) is 9.06. The van der Waals surface area contributed by atoms with Crippen molar-refractivity contribution in [1.82, 2.24) is 4.98 Å². The molecule has 1 aromatic carbocycles. The van der Waals surface area contributed by atoms with E-state index in [9.17, 15) is 9.18 Å². The molecule has 0 amide bonds. The maximum absolute atomic E-state index is 12.7. The van der Waals surface area contributed by atoms with Crippen LogP contribution in [0.5, 0.6) is 0 Å². The summed E-state index contributed by atoms with van der Waals surface area (Å²) >= 11 is 0. The van der Waals surface area contributed by atoms with Crippen LogP contribution in [-0.4, -0.2) is 10.8 Å². The van der Waals surface area contributed by atoms with E-state index in [0.29, 0.717) is 11.4 Å². The van der Waals surface area contributed by atoms with Gasteiger partial charge in [-0.1, -0.05) is 12.1 Å². The lowest BCUT2D eigenvalue weighted by atomic mass is 10.1. The Morgan fingerprint density at radius 2 is 1.88 bits per heavy atom. The molecule has 2 rings (SSSR count). The number of nitrogen functional groups attached to an aromatic ring is 1. The number of ketones is 1. The van der Waals surface area contributed by atoms with Crippen molar-refractivity contribution >= 4 is 11.5 Å². The van der Waals surface area contributed by atoms with Crippen LogP contribution in [0.1, 0.15) is 16.1 Å². The average Bonchev–Trinajstić information content (AvgIpc) is 2.33. The smallest absolute Gasteiger partial charge is 0.185 e. The maximum atomic E-state index is 12.7. The predicted octanol–water partition coefficient (Wildman–Crippen LogP) is 2.23. The summed E-state index contributed by atoms with van der Waals surface area (Å²) in [5.41, 5.74) is 7.12. The Morgan fingerprint density at radius 1 is 1.18 bits per heavy atom. The van der Waals surface area contributed by atoms with Gasteiger partial charge in [-0.25, -0.2) is 4.39 Å². The van der Waals surface area contributed by atoms with E-state index < -0.39 is 0 Å². The molecule has 0 radical (unpaired) electrons. The highest BCUT2D eigenvalue weighted by Crippen LogP contribution is 2.08. The Morgan fingerprint density at radius 3 is 2.47 bits per heavy atom. The number of Topliss-reactive ketones (excluding diaryl/α,β-unsaturated/α-hetero) is 1. The predicted molar refractivity (Wildman–Crippen MR) is 63.1 cm³/mol. The molecule has 1 aromatic heterocycles. The second kappa shape index (κ2) is 4.74. The van der Waals surface area contributed by atoms with E-state index in [0.717, 1.165) is 5.56 Å². The molecule has 4 heteroatoms. The Hall–Kier alpha value is -2.23. The van der Waals surface area contributed by atoms with Crippen LogP contribution in [-0.2, 0) is 6.42 Å². The number of halogens is 1. The number of pyridine rings is 1. The Bertz CT molecular complexity index is 520. The van der Waals surface area contributed by atoms with Crippen LogP contribution in [0, 0.1) is 5.82 Å². The molecule has 0 aliphatic carbocycles. The second-order valence-corrected chi connectivity index (χ2v) is 3.70. The molecule has 0 aliphatic rings. The summed E-state index contributed by atoms with van der Waals surface area (Å²) < 4.78 is 12.7. The van der Waals surface area contributed by atoms with Gasteiger partial charge in [0, 0.05) is 6.42 Å². The first-order chi connectivity index (χ1) is 8.15. The standard InChI is InChI=1S/C13H11FN2O/c14-10-3-1-9(2-4-10)7-13(17)12-6-5-11(15)8-16-12/h1-6,8H,7,15H2. The molecule has 0 aliphatic heterocycles. The first-order valence-electron chi connectivity index (χ1n) is 5.14. The third-order valence-electron chi connectivity index (χ3n) is 2.35. The molecule has 86 valence electrons. The van der Waals surface area contributed by atoms with Crippen LogP contribution in [0.4, 0.5) is 10.1 Å². The highest BCUT2D eigenvalue weighted by atomic mass is 19.1. The minimum Gasteiger partial charge on any atom is -0.397 e. The molecule has 0 spiro atoms. The van der Waals surface area contributed by atoms with Crippen molar-refractivity contribution in [2.45, 2.75) is 6.42 Å². The van der Waals surface area contributed by atoms with Gasteiger partial charge in [0.15, 0.2) is 5.78 Å². The third kappa shape index (κ3) is 2.87. The third-order valence-corrected chi connectivity index (χ3v) is 2.35. The Kier molecular flexibility index (Phi) is 3.14. The van der Waals surface area contributed by atoms with E-state index in [1.165, 1.54) is 18.3 Å². The molecular formula is C13H11FN2O. The van der Waals surface area contributed by atoms with E-state index in [1.807, 2.05) is 0 Å². The van der Waals surface area contributed by atoms with Gasteiger partial charge in [0.25, 0.3) is 0 Å². The summed E-state index contributed by atoms with van der Waals surface area (Å²) in [6.45, 7) is 0. The summed E-state index contributed by atoms with van der Waals surface area (Å²) in [4.78, 5) is 15.8. The number of nitrogens with zero attached hydrogens (tertiary/aromatic N) is 1. The van der Waals surface area contributed by atoms with Gasteiger partial charge in [-0.15, -0.1) is 0 Å². The number of aromatic nitrogens is 1. The molecule has 0 unspecified atom stereocenters. The van der Waals surface area contributed by atoms with Gasteiger partial charge in [0.05, 0.1) is 11.9 Å². The fourth-order valence-electron chi connectivity index (χ4n) is 1.45. The molecular weight excluding hydrogens is 219 g/mol. The van der Waals surface area contributed by atoms with Crippen molar-refractivity contribution in [1.29, 1.82) is 0 Å². The number of hydrogen-bond donors (Lipinski definition) is 1. The van der Waals surface area contributed by atoms with Crippen molar-refractivity contribution in [3.63, 3.8) is 0 Å². The number of carbonyl (C=O) groups is 1. The number of benzene rings is 1. The fourth-order valence-corrected chi connectivity index (χ4v) is 1.45. The van der Waals surface area contributed by atoms with Crippen LogP contribution in [0.25, 0.3) is 0 Å². The summed E-state index contributed by atoms with van der Waals surface area (Å²) in [7, 11) is 0. The molecule has 17 heavy (non-hydrogen) atoms. The first-order valence-corrected chi connectivity index (χ1v) is 5.14. The average molecular weight is 230 g/mol. The normalized spacial score (nSPS) is 10.2. The van der Waals surface area contributed by atoms with Gasteiger partial charge >= 0.3 is 0 Å². The van der Waals surface area contributed by atoms with Crippen LogP contribution in [0.3, 0.4) is 0 Å². The molecule has 0 bridgehead atoms. The Balaban J connectivity index is 2.11. The monoisotopic (exact) mass is 230 g/mol. The second-order valence-electron chi connectivity index (χ2n) is 3.70. The SMILES string of the molecule is Nc1ccc(C(=O)Cc2ccc(F)cc2)nc1. The molecule has 2 aromatic rings. The molecule has 2 N–H and O–H groups in total. The number of carbonyl (C=O) groups excluding carboxylic acids is 1. The van der Waals surface area contributed by atoms with Gasteiger partial charge in [-0.05, 0) is 29.8 Å². The Labute approximate surface area is 98.1 Å². The lowest BCUT2D eigenvalue weighted by Crippen LogP contribution is -2.06. The summed E-state index contributed by atoms with van der Waals surface area (Å²) in [5, 5.41) is 0. The first kappa shape index (κ1) is 11.3. The highest BCUT2D eigenvalue weighted by Gasteiger charge is 2.08. The lowest BCUT2D eigenvalue weighted by Gasteiger charge is -2.01. The largest absolute Gasteiger partial charge is 0.397 e. The van der Waals surface area contributed by atoms with E-state index in [4.69, 9.17) is 5.73 Å². The topological polar surface area (TPSA) is 56.0 Å². The highest BCUT2D eigenvalue weighted by molar-refractivity contribution is 5.95. The number of nitrogens with two attached hydrogens (primary N) is 1. The maximum Gasteiger partial charge on any atom is 0.185 e. The minimum atomic E-state index is -0.313. The van der Waals surface area contributed by atoms with Gasteiger partial charge in [0.1, 0.15) is 11.5 Å². The molecule has 1 heterocycles.